The molecule has 4 aromatic carbocycles. The molecule has 43 heavy (non-hydrogen) atoms. The lowest BCUT2D eigenvalue weighted by atomic mass is 9.98. The average Bonchev–Trinajstić information content (AvgIpc) is 3.55. The molecule has 2 aliphatic heterocycles. The van der Waals surface area contributed by atoms with Crippen molar-refractivity contribution in [1.29, 1.82) is 0 Å². The Morgan fingerprint density at radius 3 is 1.84 bits per heavy atom. The van der Waals surface area contributed by atoms with Crippen molar-refractivity contribution in [2.75, 3.05) is 0 Å². The first-order valence-corrected chi connectivity index (χ1v) is 14.6. The third-order valence-electron chi connectivity index (χ3n) is 7.78. The van der Waals surface area contributed by atoms with Crippen LogP contribution in [0.4, 0.5) is 0 Å². The maximum atomic E-state index is 6.36. The molecule has 0 saturated heterocycles. The van der Waals surface area contributed by atoms with Gasteiger partial charge in [0.15, 0.2) is 0 Å². The first-order valence-electron chi connectivity index (χ1n) is 14.6. The van der Waals surface area contributed by atoms with Crippen molar-refractivity contribution in [3.8, 4) is 0 Å². The van der Waals surface area contributed by atoms with E-state index in [1.54, 1.807) is 0 Å². The molecule has 1 aliphatic carbocycles. The van der Waals surface area contributed by atoms with Crippen LogP contribution in [0.15, 0.2) is 186 Å². The summed E-state index contributed by atoms with van der Waals surface area (Å²) in [5.41, 5.74) is 9.02. The van der Waals surface area contributed by atoms with E-state index in [0.29, 0.717) is 0 Å². The number of ether oxygens (including phenoxy) is 1. The minimum absolute atomic E-state index is 0.147. The Morgan fingerprint density at radius 2 is 1.19 bits per heavy atom. The van der Waals surface area contributed by atoms with Gasteiger partial charge in [-0.25, -0.2) is 0 Å². The normalized spacial score (nSPS) is 18.7. The fourth-order valence-corrected chi connectivity index (χ4v) is 5.55. The van der Waals surface area contributed by atoms with Crippen LogP contribution in [-0.2, 0) is 4.74 Å². The summed E-state index contributed by atoms with van der Waals surface area (Å²) in [6.07, 6.45) is 17.8. The summed E-state index contributed by atoms with van der Waals surface area (Å²) in [6.45, 7) is 0. The fraction of sp³-hybridized carbons (Fsp3) is 0.0500. The van der Waals surface area contributed by atoms with Gasteiger partial charge >= 0.3 is 0 Å². The summed E-state index contributed by atoms with van der Waals surface area (Å²) < 4.78 is 8.52. The molecular formula is C40H31N2O+. The number of nitrogens with zero attached hydrogens (tertiary/aromatic N) is 2. The van der Waals surface area contributed by atoms with Crippen molar-refractivity contribution >= 4 is 22.8 Å². The number of hydrogen-bond donors (Lipinski definition) is 0. The Labute approximate surface area is 252 Å². The SMILES string of the molecule is C1=CC(=[N+]2N=C(c3ccccc3)CC2c2ccccc2)C=CC1=C/C=C1\C=C(c2ccccc2)C=C(c2ccccc2)O1. The van der Waals surface area contributed by atoms with Crippen molar-refractivity contribution < 1.29 is 9.42 Å². The second kappa shape index (κ2) is 12.1. The molecule has 0 radical (unpaired) electrons. The highest BCUT2D eigenvalue weighted by atomic mass is 16.5. The van der Waals surface area contributed by atoms with Gasteiger partial charge in [0.25, 0.3) is 0 Å². The van der Waals surface area contributed by atoms with E-state index in [2.05, 4.69) is 138 Å². The Morgan fingerprint density at radius 1 is 0.605 bits per heavy atom. The van der Waals surface area contributed by atoms with Crippen molar-refractivity contribution in [1.82, 2.24) is 0 Å². The van der Waals surface area contributed by atoms with Crippen LogP contribution in [0.5, 0.6) is 0 Å². The van der Waals surface area contributed by atoms with E-state index in [1.807, 2.05) is 36.4 Å². The maximum absolute atomic E-state index is 6.36. The standard InChI is InChI=1S/C40H31N2O/c1-5-13-31(14-6-1)35-27-37(43-40(28-35)34-19-11-4-12-20-34)26-23-30-21-24-36(25-22-30)42-39(33-17-9-3-10-18-33)29-38(41-42)32-15-7-2-8-16-32/h1-28,39H,29H2/q+1/b30-23?,37-26+,42-36?. The maximum Gasteiger partial charge on any atom is 0.232 e. The van der Waals surface area contributed by atoms with Gasteiger partial charge in [0.1, 0.15) is 17.2 Å². The lowest BCUT2D eigenvalue weighted by Crippen LogP contribution is -2.16. The van der Waals surface area contributed by atoms with Crippen LogP contribution < -0.4 is 0 Å². The molecule has 0 spiro atoms. The lowest BCUT2D eigenvalue weighted by molar-refractivity contribution is -0.566. The van der Waals surface area contributed by atoms with Crippen LogP contribution >= 0.6 is 0 Å². The molecule has 0 aromatic heterocycles. The minimum Gasteiger partial charge on any atom is -0.457 e. The molecule has 3 aliphatic rings. The number of rotatable bonds is 5. The number of hydrazone groups is 1. The summed E-state index contributed by atoms with van der Waals surface area (Å²) in [6, 6.07) is 41.9. The monoisotopic (exact) mass is 555 g/mol. The highest BCUT2D eigenvalue weighted by Crippen LogP contribution is 2.33. The van der Waals surface area contributed by atoms with Gasteiger partial charge in [0, 0.05) is 28.8 Å². The lowest BCUT2D eigenvalue weighted by Gasteiger charge is -2.18. The summed E-state index contributed by atoms with van der Waals surface area (Å²) in [7, 11) is 0. The summed E-state index contributed by atoms with van der Waals surface area (Å²) in [5.74, 6) is 1.63. The highest BCUT2D eigenvalue weighted by molar-refractivity contribution is 6.05. The predicted molar refractivity (Wildman–Crippen MR) is 176 cm³/mol. The van der Waals surface area contributed by atoms with E-state index < -0.39 is 0 Å². The first-order chi connectivity index (χ1) is 21.3. The summed E-state index contributed by atoms with van der Waals surface area (Å²) in [5, 5.41) is 5.10. The summed E-state index contributed by atoms with van der Waals surface area (Å²) in [4.78, 5) is 0. The molecule has 1 unspecified atom stereocenters. The van der Waals surface area contributed by atoms with E-state index in [4.69, 9.17) is 9.84 Å². The third kappa shape index (κ3) is 5.93. The topological polar surface area (TPSA) is 24.6 Å². The molecule has 3 nitrogen and oxygen atoms in total. The molecule has 7 rings (SSSR count). The fourth-order valence-electron chi connectivity index (χ4n) is 5.55. The second-order valence-corrected chi connectivity index (χ2v) is 10.7. The molecule has 2 heterocycles. The average molecular weight is 556 g/mol. The van der Waals surface area contributed by atoms with Crippen molar-refractivity contribution in [2.24, 2.45) is 5.10 Å². The molecular weight excluding hydrogens is 524 g/mol. The largest absolute Gasteiger partial charge is 0.457 e. The Hall–Kier alpha value is -5.54. The Balaban J connectivity index is 1.19. The van der Waals surface area contributed by atoms with E-state index in [1.165, 1.54) is 11.1 Å². The van der Waals surface area contributed by atoms with Crippen LogP contribution in [0.3, 0.4) is 0 Å². The van der Waals surface area contributed by atoms with Gasteiger partial charge in [-0.1, -0.05) is 132 Å². The smallest absolute Gasteiger partial charge is 0.232 e. The Kier molecular flexibility index (Phi) is 7.44. The first kappa shape index (κ1) is 26.4. The van der Waals surface area contributed by atoms with Crippen LogP contribution in [0, 0.1) is 0 Å². The molecule has 4 aromatic rings. The molecule has 1 atom stereocenters. The van der Waals surface area contributed by atoms with Crippen molar-refractivity contribution in [2.45, 2.75) is 12.5 Å². The number of allylic oxidation sites excluding steroid dienone is 10. The Bertz CT molecular complexity index is 1850. The van der Waals surface area contributed by atoms with E-state index in [9.17, 15) is 0 Å². The van der Waals surface area contributed by atoms with Gasteiger partial charge in [-0.2, -0.15) is 0 Å². The van der Waals surface area contributed by atoms with E-state index in [-0.39, 0.29) is 6.04 Å². The zero-order valence-corrected chi connectivity index (χ0v) is 23.8. The van der Waals surface area contributed by atoms with Crippen LogP contribution in [0.1, 0.15) is 34.7 Å². The molecule has 3 heteroatoms. The van der Waals surface area contributed by atoms with Gasteiger partial charge in [0.05, 0.1) is 6.42 Å². The van der Waals surface area contributed by atoms with Gasteiger partial charge < -0.3 is 4.74 Å². The van der Waals surface area contributed by atoms with Crippen LogP contribution in [0.25, 0.3) is 11.3 Å². The van der Waals surface area contributed by atoms with Crippen molar-refractivity contribution in [3.63, 3.8) is 0 Å². The van der Waals surface area contributed by atoms with Crippen LogP contribution in [0.2, 0.25) is 0 Å². The van der Waals surface area contributed by atoms with E-state index in [0.717, 1.165) is 51.6 Å². The van der Waals surface area contributed by atoms with Gasteiger partial charge in [0.2, 0.25) is 11.8 Å². The molecule has 0 bridgehead atoms. The predicted octanol–water partition coefficient (Wildman–Crippen LogP) is 9.08. The third-order valence-corrected chi connectivity index (χ3v) is 7.78. The summed E-state index contributed by atoms with van der Waals surface area (Å²) >= 11 is 0. The number of benzene rings is 4. The zero-order chi connectivity index (χ0) is 28.8. The molecule has 0 amide bonds. The van der Waals surface area contributed by atoms with Gasteiger partial charge in [-0.15, -0.1) is 0 Å². The van der Waals surface area contributed by atoms with Crippen molar-refractivity contribution in [3.05, 3.63) is 204 Å². The molecule has 0 N–H and O–H groups in total. The van der Waals surface area contributed by atoms with Crippen LogP contribution in [-0.4, -0.2) is 16.1 Å². The van der Waals surface area contributed by atoms with E-state index >= 15 is 0 Å². The highest BCUT2D eigenvalue weighted by Gasteiger charge is 2.35. The molecule has 0 saturated carbocycles. The number of hydrogen-bond acceptors (Lipinski definition) is 2. The van der Waals surface area contributed by atoms with Gasteiger partial charge in [-0.3, -0.25) is 0 Å². The minimum atomic E-state index is 0.147. The molecule has 0 fully saturated rings. The zero-order valence-electron chi connectivity index (χ0n) is 23.8. The quantitative estimate of drug-likeness (QED) is 0.225. The molecule has 206 valence electrons. The van der Waals surface area contributed by atoms with Gasteiger partial charge in [-0.05, 0) is 52.2 Å². The second-order valence-electron chi connectivity index (χ2n) is 10.7.